The van der Waals surface area contributed by atoms with Gasteiger partial charge in [-0.1, -0.05) is 20.8 Å². The van der Waals surface area contributed by atoms with Gasteiger partial charge in [0.1, 0.15) is 17.5 Å². The van der Waals surface area contributed by atoms with Crippen molar-refractivity contribution in [3.05, 3.63) is 23.8 Å². The Morgan fingerprint density at radius 3 is 1.93 bits per heavy atom. The van der Waals surface area contributed by atoms with Crippen molar-refractivity contribution in [2.75, 3.05) is 14.2 Å². The molecule has 4 saturated carbocycles. The minimum absolute atomic E-state index is 0.0878. The number of ketones is 1. The fourth-order valence-corrected chi connectivity index (χ4v) is 7.42. The van der Waals surface area contributed by atoms with Gasteiger partial charge in [-0.2, -0.15) is 0 Å². The van der Waals surface area contributed by atoms with Crippen LogP contribution < -0.4 is 30.7 Å². The smallest absolute Gasteiger partial charge is 0.315 e. The maximum Gasteiger partial charge on any atom is 0.315 e. The Balaban J connectivity index is 1.34. The summed E-state index contributed by atoms with van der Waals surface area (Å²) in [4.78, 5) is 52.2. The van der Waals surface area contributed by atoms with Crippen LogP contribution in [0.2, 0.25) is 0 Å². The molecule has 4 aliphatic carbocycles. The average molecular weight is 571 g/mol. The summed E-state index contributed by atoms with van der Waals surface area (Å²) in [6.07, 6.45) is 7.50. The van der Waals surface area contributed by atoms with Gasteiger partial charge in [0.2, 0.25) is 11.7 Å². The lowest BCUT2D eigenvalue weighted by atomic mass is 9.53. The molecule has 1 aromatic carbocycles. The lowest BCUT2D eigenvalue weighted by Gasteiger charge is -2.56. The monoisotopic (exact) mass is 570 g/mol. The zero-order valence-electron chi connectivity index (χ0n) is 25.0. The number of Topliss-reactive ketones (excluding diaryl/α,β-unsaturated/α-hetero) is 1. The normalized spacial score (nSPS) is 25.7. The molecular formula is C31H46N4O6. The SMILES string of the molecule is CCC(NC(=O)[C@H](CC(C)C)NC(=O)NC12CC3CC(CC(C3)C1)C2)C(=O)C(=O)NCc1cc(OC)cc(OC)c1. The van der Waals surface area contributed by atoms with E-state index in [1.54, 1.807) is 25.1 Å². The van der Waals surface area contributed by atoms with Gasteiger partial charge in [-0.05, 0) is 92.7 Å². The van der Waals surface area contributed by atoms with Gasteiger partial charge in [-0.25, -0.2) is 4.79 Å². The predicted molar refractivity (Wildman–Crippen MR) is 154 cm³/mol. The lowest BCUT2D eigenvalue weighted by molar-refractivity contribution is -0.140. The van der Waals surface area contributed by atoms with Crippen LogP contribution in [0, 0.1) is 23.7 Å². The first-order valence-electron chi connectivity index (χ1n) is 15.0. The Kier molecular flexibility index (Phi) is 9.81. The summed E-state index contributed by atoms with van der Waals surface area (Å²) in [6, 6.07) is 3.03. The summed E-state index contributed by atoms with van der Waals surface area (Å²) in [5.41, 5.74) is 0.524. The summed E-state index contributed by atoms with van der Waals surface area (Å²) >= 11 is 0. The van der Waals surface area contributed by atoms with Gasteiger partial charge in [-0.3, -0.25) is 14.4 Å². The molecule has 10 nitrogen and oxygen atoms in total. The van der Waals surface area contributed by atoms with Crippen LogP contribution in [-0.2, 0) is 20.9 Å². The van der Waals surface area contributed by atoms with E-state index in [9.17, 15) is 19.2 Å². The van der Waals surface area contributed by atoms with Gasteiger partial charge in [0.15, 0.2) is 0 Å². The lowest BCUT2D eigenvalue weighted by Crippen LogP contribution is -2.63. The van der Waals surface area contributed by atoms with E-state index in [2.05, 4.69) is 21.3 Å². The third-order valence-electron chi connectivity index (χ3n) is 8.88. The Labute approximate surface area is 243 Å². The van der Waals surface area contributed by atoms with Crippen molar-refractivity contribution in [1.29, 1.82) is 0 Å². The van der Waals surface area contributed by atoms with Crippen LogP contribution in [-0.4, -0.2) is 55.5 Å². The molecule has 4 amide bonds. The molecule has 5 rings (SSSR count). The predicted octanol–water partition coefficient (Wildman–Crippen LogP) is 3.47. The standard InChI is InChI=1S/C31H46N4O6/c1-6-25(27(36)29(38)32-17-22-11-23(40-4)13-24(12-22)41-5)33-28(37)26(7-18(2)3)34-30(39)35-31-14-19-8-20(15-31)10-21(9-19)16-31/h11-13,18-21,25-26H,6-10,14-17H2,1-5H3,(H,32,38)(H,33,37)(H2,34,35,39)/t19?,20?,21?,25?,26-,31?/m0/s1. The van der Waals surface area contributed by atoms with E-state index in [0.717, 1.165) is 19.3 Å². The third kappa shape index (κ3) is 7.71. The van der Waals surface area contributed by atoms with Crippen LogP contribution in [0.15, 0.2) is 18.2 Å². The summed E-state index contributed by atoms with van der Waals surface area (Å²) in [6.45, 7) is 5.77. The molecule has 41 heavy (non-hydrogen) atoms. The number of rotatable bonds is 13. The van der Waals surface area contributed by atoms with Crippen molar-refractivity contribution in [1.82, 2.24) is 21.3 Å². The van der Waals surface area contributed by atoms with Gasteiger partial charge in [0.25, 0.3) is 5.91 Å². The highest BCUT2D eigenvalue weighted by molar-refractivity contribution is 6.38. The number of urea groups is 1. The molecule has 0 saturated heterocycles. The molecule has 2 atom stereocenters. The highest BCUT2D eigenvalue weighted by Gasteiger charge is 2.51. The molecule has 4 bridgehead atoms. The van der Waals surface area contributed by atoms with Crippen molar-refractivity contribution < 1.29 is 28.7 Å². The summed E-state index contributed by atoms with van der Waals surface area (Å²) in [7, 11) is 3.06. The number of benzene rings is 1. The molecule has 0 aromatic heterocycles. The molecule has 1 aromatic rings. The number of amides is 4. The Hall–Kier alpha value is -3.30. The van der Waals surface area contributed by atoms with Crippen molar-refractivity contribution in [3.63, 3.8) is 0 Å². The topological polar surface area (TPSA) is 135 Å². The first-order chi connectivity index (χ1) is 19.5. The van der Waals surface area contributed by atoms with Crippen LogP contribution in [0.3, 0.4) is 0 Å². The molecule has 10 heteroatoms. The number of carbonyl (C=O) groups is 4. The minimum atomic E-state index is -1.01. The van der Waals surface area contributed by atoms with E-state index in [0.29, 0.717) is 41.2 Å². The highest BCUT2D eigenvalue weighted by Crippen LogP contribution is 2.55. The molecule has 4 fully saturated rings. The molecule has 4 N–H and O–H groups in total. The number of ether oxygens (including phenoxy) is 2. The molecule has 0 aliphatic heterocycles. The highest BCUT2D eigenvalue weighted by atomic mass is 16.5. The molecule has 0 heterocycles. The first-order valence-corrected chi connectivity index (χ1v) is 15.0. The largest absolute Gasteiger partial charge is 0.497 e. The number of nitrogens with one attached hydrogen (secondary N) is 4. The van der Waals surface area contributed by atoms with Crippen molar-refractivity contribution in [2.24, 2.45) is 23.7 Å². The number of hydrogen-bond donors (Lipinski definition) is 4. The van der Waals surface area contributed by atoms with Gasteiger partial charge in [0.05, 0.1) is 20.3 Å². The first kappa shape index (κ1) is 30.7. The maximum absolute atomic E-state index is 13.3. The van der Waals surface area contributed by atoms with Crippen molar-refractivity contribution in [3.8, 4) is 11.5 Å². The third-order valence-corrected chi connectivity index (χ3v) is 8.88. The zero-order valence-corrected chi connectivity index (χ0v) is 25.0. The minimum Gasteiger partial charge on any atom is -0.497 e. The van der Waals surface area contributed by atoms with Crippen molar-refractivity contribution >= 4 is 23.6 Å². The molecule has 4 aliphatic rings. The second-order valence-electron chi connectivity index (χ2n) is 12.7. The van der Waals surface area contributed by atoms with E-state index < -0.39 is 29.7 Å². The fraction of sp³-hybridized carbons (Fsp3) is 0.677. The second kappa shape index (κ2) is 13.1. The van der Waals surface area contributed by atoms with Gasteiger partial charge < -0.3 is 30.7 Å². The van der Waals surface area contributed by atoms with Gasteiger partial charge >= 0.3 is 6.03 Å². The maximum atomic E-state index is 13.3. The quantitative estimate of drug-likeness (QED) is 0.268. The Morgan fingerprint density at radius 2 is 1.44 bits per heavy atom. The number of methoxy groups -OCH3 is 2. The molecular weight excluding hydrogens is 524 g/mol. The van der Waals surface area contributed by atoms with E-state index in [4.69, 9.17) is 9.47 Å². The van der Waals surface area contributed by atoms with E-state index in [-0.39, 0.29) is 30.5 Å². The van der Waals surface area contributed by atoms with Crippen LogP contribution in [0.25, 0.3) is 0 Å². The van der Waals surface area contributed by atoms with Crippen LogP contribution in [0.4, 0.5) is 4.79 Å². The Morgan fingerprint density at radius 1 is 0.878 bits per heavy atom. The average Bonchev–Trinajstić information content (AvgIpc) is 2.92. The molecule has 0 spiro atoms. The molecule has 1 unspecified atom stereocenters. The van der Waals surface area contributed by atoms with E-state index in [1.807, 2.05) is 13.8 Å². The van der Waals surface area contributed by atoms with Crippen LogP contribution in [0.1, 0.15) is 77.7 Å². The summed E-state index contributed by atoms with van der Waals surface area (Å²) < 4.78 is 10.5. The fourth-order valence-electron chi connectivity index (χ4n) is 7.42. The zero-order chi connectivity index (χ0) is 29.7. The van der Waals surface area contributed by atoms with Crippen molar-refractivity contribution in [2.45, 2.75) is 96.3 Å². The van der Waals surface area contributed by atoms with E-state index >= 15 is 0 Å². The molecule has 226 valence electrons. The summed E-state index contributed by atoms with van der Waals surface area (Å²) in [5, 5.41) is 11.5. The van der Waals surface area contributed by atoms with Crippen LogP contribution in [0.5, 0.6) is 11.5 Å². The number of hydrogen-bond acceptors (Lipinski definition) is 6. The summed E-state index contributed by atoms with van der Waals surface area (Å²) in [5.74, 6) is 1.31. The Bertz CT molecular complexity index is 1080. The van der Waals surface area contributed by atoms with Gasteiger partial charge in [-0.15, -0.1) is 0 Å². The van der Waals surface area contributed by atoms with Gasteiger partial charge in [0, 0.05) is 18.2 Å². The van der Waals surface area contributed by atoms with Crippen LogP contribution >= 0.6 is 0 Å². The second-order valence-corrected chi connectivity index (χ2v) is 12.7. The molecule has 0 radical (unpaired) electrons. The van der Waals surface area contributed by atoms with E-state index in [1.165, 1.54) is 33.5 Å². The number of carbonyl (C=O) groups excluding carboxylic acids is 4.